The highest BCUT2D eigenvalue weighted by Gasteiger charge is 2.19. The van der Waals surface area contributed by atoms with Crippen LogP contribution < -0.4 is 0 Å². The van der Waals surface area contributed by atoms with E-state index >= 15 is 0 Å². The van der Waals surface area contributed by atoms with Crippen molar-refractivity contribution in [2.24, 2.45) is 0 Å². The summed E-state index contributed by atoms with van der Waals surface area (Å²) in [5.41, 5.74) is 5.77. The third-order valence-electron chi connectivity index (χ3n) is 3.94. The highest BCUT2D eigenvalue weighted by atomic mass is 16.3. The molecule has 0 unspecified atom stereocenters. The molecule has 1 N–H and O–H groups in total. The number of nitrogens with zero attached hydrogens (tertiary/aromatic N) is 2. The van der Waals surface area contributed by atoms with Crippen LogP contribution in [0.3, 0.4) is 0 Å². The van der Waals surface area contributed by atoms with Crippen LogP contribution in [0.25, 0.3) is 16.9 Å². The van der Waals surface area contributed by atoms with Crippen molar-refractivity contribution >= 4 is 0 Å². The normalized spacial score (nSPS) is 10.9. The second kappa shape index (κ2) is 5.68. The maximum atomic E-state index is 10.6. The minimum Gasteiger partial charge on any atom is -0.504 e. The Morgan fingerprint density at radius 1 is 1.00 bits per heavy atom. The molecule has 0 saturated carbocycles. The zero-order valence-electron chi connectivity index (χ0n) is 13.2. The zero-order chi connectivity index (χ0) is 15.7. The van der Waals surface area contributed by atoms with Crippen molar-refractivity contribution in [3.63, 3.8) is 0 Å². The molecule has 0 bridgehead atoms. The predicted octanol–water partition coefficient (Wildman–Crippen LogP) is 4.42. The molecule has 0 spiro atoms. The zero-order valence-corrected chi connectivity index (χ0v) is 13.2. The SMILES string of the molecule is CCc1nn(-c2ccc(C)cc2)c(-c2ccccc2C)c1O. The van der Waals surface area contributed by atoms with Crippen molar-refractivity contribution in [2.45, 2.75) is 27.2 Å². The highest BCUT2D eigenvalue weighted by molar-refractivity contribution is 5.72. The average molecular weight is 292 g/mol. The van der Waals surface area contributed by atoms with Crippen LogP contribution in [-0.2, 0) is 6.42 Å². The van der Waals surface area contributed by atoms with Gasteiger partial charge in [0.1, 0.15) is 11.4 Å². The summed E-state index contributed by atoms with van der Waals surface area (Å²) >= 11 is 0. The fraction of sp³-hybridized carbons (Fsp3) is 0.211. The van der Waals surface area contributed by atoms with E-state index in [-0.39, 0.29) is 5.75 Å². The molecule has 0 radical (unpaired) electrons. The lowest BCUT2D eigenvalue weighted by Gasteiger charge is -2.10. The second-order valence-corrected chi connectivity index (χ2v) is 5.56. The Balaban J connectivity index is 2.27. The van der Waals surface area contributed by atoms with Gasteiger partial charge in [-0.2, -0.15) is 5.10 Å². The van der Waals surface area contributed by atoms with Crippen LogP contribution in [0.1, 0.15) is 23.7 Å². The van der Waals surface area contributed by atoms with Crippen molar-refractivity contribution in [3.05, 3.63) is 65.4 Å². The van der Waals surface area contributed by atoms with Gasteiger partial charge in [-0.3, -0.25) is 0 Å². The topological polar surface area (TPSA) is 38.0 Å². The Bertz CT molecular complexity index is 801. The summed E-state index contributed by atoms with van der Waals surface area (Å²) in [4.78, 5) is 0. The first-order valence-electron chi connectivity index (χ1n) is 7.55. The molecule has 22 heavy (non-hydrogen) atoms. The van der Waals surface area contributed by atoms with E-state index in [1.54, 1.807) is 0 Å². The van der Waals surface area contributed by atoms with Gasteiger partial charge in [0.25, 0.3) is 0 Å². The molecule has 1 heterocycles. The van der Waals surface area contributed by atoms with Gasteiger partial charge in [0.15, 0.2) is 5.75 Å². The van der Waals surface area contributed by atoms with Crippen LogP contribution >= 0.6 is 0 Å². The number of rotatable bonds is 3. The van der Waals surface area contributed by atoms with Gasteiger partial charge in [-0.05, 0) is 38.0 Å². The largest absolute Gasteiger partial charge is 0.504 e. The van der Waals surface area contributed by atoms with Gasteiger partial charge < -0.3 is 5.11 Å². The molecule has 2 aromatic carbocycles. The number of hydrogen-bond acceptors (Lipinski definition) is 2. The average Bonchev–Trinajstić information content (AvgIpc) is 2.85. The summed E-state index contributed by atoms with van der Waals surface area (Å²) in [5.74, 6) is 0.275. The van der Waals surface area contributed by atoms with Crippen LogP contribution in [0.4, 0.5) is 0 Å². The molecule has 0 atom stereocenters. The third kappa shape index (κ3) is 2.39. The van der Waals surface area contributed by atoms with E-state index in [9.17, 15) is 5.11 Å². The van der Waals surface area contributed by atoms with Gasteiger partial charge in [0, 0.05) is 5.56 Å². The Kier molecular flexibility index (Phi) is 3.72. The fourth-order valence-electron chi connectivity index (χ4n) is 2.65. The molecule has 0 aliphatic heterocycles. The number of aryl methyl sites for hydroxylation is 3. The lowest BCUT2D eigenvalue weighted by atomic mass is 10.0. The summed E-state index contributed by atoms with van der Waals surface area (Å²) < 4.78 is 1.84. The highest BCUT2D eigenvalue weighted by Crippen LogP contribution is 2.36. The molecule has 0 saturated heterocycles. The van der Waals surface area contributed by atoms with E-state index in [1.165, 1.54) is 5.56 Å². The second-order valence-electron chi connectivity index (χ2n) is 5.56. The Hall–Kier alpha value is -2.55. The van der Waals surface area contributed by atoms with E-state index in [1.807, 2.05) is 54.9 Å². The van der Waals surface area contributed by atoms with Gasteiger partial charge in [-0.15, -0.1) is 0 Å². The standard InChI is InChI=1S/C19H20N2O/c1-4-17-19(22)18(16-8-6-5-7-14(16)3)21(20-17)15-11-9-13(2)10-12-15/h5-12,22H,4H2,1-3H3. The maximum Gasteiger partial charge on any atom is 0.165 e. The molecular weight excluding hydrogens is 272 g/mol. The van der Waals surface area contributed by atoms with Crippen molar-refractivity contribution in [2.75, 3.05) is 0 Å². The number of aromatic hydroxyl groups is 1. The molecule has 3 aromatic rings. The summed E-state index contributed by atoms with van der Waals surface area (Å²) in [7, 11) is 0. The molecule has 0 aliphatic rings. The van der Waals surface area contributed by atoms with E-state index in [0.717, 1.165) is 28.2 Å². The first-order chi connectivity index (χ1) is 10.6. The maximum absolute atomic E-state index is 10.6. The lowest BCUT2D eigenvalue weighted by Crippen LogP contribution is -2.00. The summed E-state index contributed by atoms with van der Waals surface area (Å²) in [5, 5.41) is 15.2. The smallest absolute Gasteiger partial charge is 0.165 e. The lowest BCUT2D eigenvalue weighted by molar-refractivity contribution is 0.471. The molecular formula is C19H20N2O. The van der Waals surface area contributed by atoms with Crippen LogP contribution in [0.2, 0.25) is 0 Å². The van der Waals surface area contributed by atoms with Gasteiger partial charge >= 0.3 is 0 Å². The fourth-order valence-corrected chi connectivity index (χ4v) is 2.65. The van der Waals surface area contributed by atoms with Crippen molar-refractivity contribution in [1.29, 1.82) is 0 Å². The number of benzene rings is 2. The van der Waals surface area contributed by atoms with Crippen molar-refractivity contribution in [3.8, 4) is 22.7 Å². The molecule has 3 rings (SSSR count). The first-order valence-corrected chi connectivity index (χ1v) is 7.55. The van der Waals surface area contributed by atoms with E-state index in [2.05, 4.69) is 24.2 Å². The number of hydrogen-bond donors (Lipinski definition) is 1. The van der Waals surface area contributed by atoms with Gasteiger partial charge in [-0.1, -0.05) is 48.9 Å². The van der Waals surface area contributed by atoms with Crippen LogP contribution in [0, 0.1) is 13.8 Å². The monoisotopic (exact) mass is 292 g/mol. The number of aromatic nitrogens is 2. The summed E-state index contributed by atoms with van der Waals surface area (Å²) in [6.45, 7) is 6.11. The molecule has 112 valence electrons. The molecule has 3 heteroatoms. The Morgan fingerprint density at radius 2 is 1.68 bits per heavy atom. The predicted molar refractivity (Wildman–Crippen MR) is 89.5 cm³/mol. The molecule has 3 nitrogen and oxygen atoms in total. The summed E-state index contributed by atoms with van der Waals surface area (Å²) in [6.07, 6.45) is 0.698. The summed E-state index contributed by atoms with van der Waals surface area (Å²) in [6, 6.07) is 16.2. The van der Waals surface area contributed by atoms with Crippen LogP contribution in [0.15, 0.2) is 48.5 Å². The minimum absolute atomic E-state index is 0.275. The van der Waals surface area contributed by atoms with Crippen LogP contribution in [-0.4, -0.2) is 14.9 Å². The third-order valence-corrected chi connectivity index (χ3v) is 3.94. The van der Waals surface area contributed by atoms with Gasteiger partial charge in [-0.25, -0.2) is 4.68 Å². The van der Waals surface area contributed by atoms with Gasteiger partial charge in [0.2, 0.25) is 0 Å². The van der Waals surface area contributed by atoms with E-state index < -0.39 is 0 Å². The van der Waals surface area contributed by atoms with Crippen molar-refractivity contribution in [1.82, 2.24) is 9.78 Å². The quantitative estimate of drug-likeness (QED) is 0.775. The molecule has 0 aliphatic carbocycles. The van der Waals surface area contributed by atoms with Gasteiger partial charge in [0.05, 0.1) is 5.69 Å². The van der Waals surface area contributed by atoms with E-state index in [0.29, 0.717) is 6.42 Å². The first kappa shape index (κ1) is 14.4. The molecule has 1 aromatic heterocycles. The molecule has 0 fully saturated rings. The van der Waals surface area contributed by atoms with E-state index in [4.69, 9.17) is 0 Å². The van der Waals surface area contributed by atoms with Crippen molar-refractivity contribution < 1.29 is 5.11 Å². The van der Waals surface area contributed by atoms with Crippen LogP contribution in [0.5, 0.6) is 5.75 Å². The minimum atomic E-state index is 0.275. The Morgan fingerprint density at radius 3 is 2.32 bits per heavy atom. The molecule has 0 amide bonds. The Labute approximate surface area is 130 Å².